The zero-order valence-electron chi connectivity index (χ0n) is 8.54. The highest BCUT2D eigenvalue weighted by Crippen LogP contribution is 2.34. The van der Waals surface area contributed by atoms with Gasteiger partial charge in [0, 0.05) is 6.08 Å². The summed E-state index contributed by atoms with van der Waals surface area (Å²) in [7, 11) is 0. The van der Waals surface area contributed by atoms with Gasteiger partial charge in [-0.05, 0) is 30.7 Å². The number of aromatic hydroxyl groups is 1. The fourth-order valence-corrected chi connectivity index (χ4v) is 1.43. The third-order valence-corrected chi connectivity index (χ3v) is 2.66. The molecule has 0 saturated carbocycles. The summed E-state index contributed by atoms with van der Waals surface area (Å²) in [4.78, 5) is 11.0. The molecule has 1 aromatic rings. The second kappa shape index (κ2) is 5.77. The van der Waals surface area contributed by atoms with E-state index in [0.717, 1.165) is 0 Å². The van der Waals surface area contributed by atoms with Gasteiger partial charge in [0.25, 0.3) is 0 Å². The van der Waals surface area contributed by atoms with Crippen LogP contribution in [0.4, 0.5) is 0 Å². The second-order valence-corrected chi connectivity index (χ2v) is 3.64. The zero-order chi connectivity index (χ0) is 12.1. The van der Waals surface area contributed by atoms with E-state index in [1.807, 2.05) is 0 Å². The number of phenols is 1. The Bertz CT molecular complexity index is 427. The first-order valence-corrected chi connectivity index (χ1v) is 5.33. The van der Waals surface area contributed by atoms with Crippen molar-refractivity contribution >= 4 is 35.2 Å². The molecule has 0 aliphatic heterocycles. The van der Waals surface area contributed by atoms with Crippen molar-refractivity contribution in [3.63, 3.8) is 0 Å². The Hall–Kier alpha value is -1.19. The van der Waals surface area contributed by atoms with Crippen LogP contribution in [-0.2, 0) is 9.53 Å². The van der Waals surface area contributed by atoms with Gasteiger partial charge in [0.15, 0.2) is 0 Å². The summed E-state index contributed by atoms with van der Waals surface area (Å²) in [5.74, 6) is -0.553. The van der Waals surface area contributed by atoms with E-state index in [1.165, 1.54) is 18.2 Å². The van der Waals surface area contributed by atoms with Crippen molar-refractivity contribution in [3.05, 3.63) is 33.8 Å². The number of esters is 1. The van der Waals surface area contributed by atoms with Gasteiger partial charge in [-0.15, -0.1) is 0 Å². The van der Waals surface area contributed by atoms with Crippen molar-refractivity contribution < 1.29 is 14.6 Å². The lowest BCUT2D eigenvalue weighted by molar-refractivity contribution is -0.137. The van der Waals surface area contributed by atoms with E-state index in [9.17, 15) is 9.90 Å². The molecule has 16 heavy (non-hydrogen) atoms. The van der Waals surface area contributed by atoms with Crippen LogP contribution in [0.5, 0.6) is 5.75 Å². The Morgan fingerprint density at radius 2 is 2.12 bits per heavy atom. The number of rotatable bonds is 3. The summed E-state index contributed by atoms with van der Waals surface area (Å²) in [6, 6.07) is 2.96. The van der Waals surface area contributed by atoms with Crippen LogP contribution in [0.3, 0.4) is 0 Å². The molecule has 1 rings (SSSR count). The van der Waals surface area contributed by atoms with Gasteiger partial charge in [0.2, 0.25) is 0 Å². The van der Waals surface area contributed by atoms with E-state index in [0.29, 0.717) is 12.2 Å². The van der Waals surface area contributed by atoms with Crippen LogP contribution in [-0.4, -0.2) is 17.7 Å². The Labute approximate surface area is 103 Å². The van der Waals surface area contributed by atoms with Crippen LogP contribution in [0.25, 0.3) is 6.08 Å². The molecule has 3 nitrogen and oxygen atoms in total. The summed E-state index contributed by atoms with van der Waals surface area (Å²) < 4.78 is 4.71. The van der Waals surface area contributed by atoms with Gasteiger partial charge in [0.1, 0.15) is 10.8 Å². The molecular weight excluding hydrogens is 251 g/mol. The normalized spacial score (nSPS) is 10.7. The topological polar surface area (TPSA) is 46.5 Å². The molecule has 0 spiro atoms. The molecule has 0 radical (unpaired) electrons. The minimum atomic E-state index is -0.456. The van der Waals surface area contributed by atoms with Gasteiger partial charge in [-0.1, -0.05) is 23.2 Å². The Kier molecular flexibility index (Phi) is 4.65. The zero-order valence-corrected chi connectivity index (χ0v) is 10.0. The maximum absolute atomic E-state index is 11.0. The van der Waals surface area contributed by atoms with Crippen LogP contribution in [0, 0.1) is 0 Å². The number of phenolic OH excluding ortho intramolecular Hbond substituents is 1. The molecule has 0 unspecified atom stereocenters. The van der Waals surface area contributed by atoms with Crippen molar-refractivity contribution in [2.24, 2.45) is 0 Å². The molecule has 5 heteroatoms. The maximum Gasteiger partial charge on any atom is 0.330 e. The molecule has 86 valence electrons. The number of carbonyl (C=O) groups is 1. The summed E-state index contributed by atoms with van der Waals surface area (Å²) >= 11 is 11.6. The third-order valence-electron chi connectivity index (χ3n) is 1.78. The first kappa shape index (κ1) is 12.9. The van der Waals surface area contributed by atoms with Crippen LogP contribution in [0.2, 0.25) is 10.0 Å². The SMILES string of the molecule is CCOC(=O)/C=C/c1ccc(O)c(Cl)c1Cl. The van der Waals surface area contributed by atoms with Crippen molar-refractivity contribution in [3.8, 4) is 5.75 Å². The van der Waals surface area contributed by atoms with E-state index in [4.69, 9.17) is 27.9 Å². The quantitative estimate of drug-likeness (QED) is 0.670. The number of halogens is 2. The molecular formula is C11H10Cl2O3. The fourth-order valence-electron chi connectivity index (χ4n) is 1.03. The van der Waals surface area contributed by atoms with Gasteiger partial charge in [0.05, 0.1) is 11.6 Å². The van der Waals surface area contributed by atoms with Crippen molar-refractivity contribution in [2.45, 2.75) is 6.92 Å². The van der Waals surface area contributed by atoms with Gasteiger partial charge in [-0.3, -0.25) is 0 Å². The van der Waals surface area contributed by atoms with Crippen molar-refractivity contribution in [1.29, 1.82) is 0 Å². The number of hydrogen-bond donors (Lipinski definition) is 1. The van der Waals surface area contributed by atoms with E-state index in [1.54, 1.807) is 13.0 Å². The van der Waals surface area contributed by atoms with Crippen molar-refractivity contribution in [1.82, 2.24) is 0 Å². The molecule has 0 saturated heterocycles. The lowest BCUT2D eigenvalue weighted by atomic mass is 10.2. The van der Waals surface area contributed by atoms with Gasteiger partial charge >= 0.3 is 5.97 Å². The lowest BCUT2D eigenvalue weighted by Crippen LogP contribution is -1.98. The number of ether oxygens (including phenoxy) is 1. The van der Waals surface area contributed by atoms with Crippen LogP contribution < -0.4 is 0 Å². The monoisotopic (exact) mass is 260 g/mol. The lowest BCUT2D eigenvalue weighted by Gasteiger charge is -2.02. The van der Waals surface area contributed by atoms with E-state index in [2.05, 4.69) is 0 Å². The summed E-state index contributed by atoms with van der Waals surface area (Å²) in [6.07, 6.45) is 2.73. The molecule has 0 fully saturated rings. The maximum atomic E-state index is 11.0. The Morgan fingerprint density at radius 3 is 2.75 bits per heavy atom. The molecule has 0 heterocycles. The molecule has 0 bridgehead atoms. The minimum Gasteiger partial charge on any atom is -0.506 e. The second-order valence-electron chi connectivity index (χ2n) is 2.89. The number of carbonyl (C=O) groups excluding carboxylic acids is 1. The summed E-state index contributed by atoms with van der Waals surface area (Å²) in [5, 5.41) is 9.51. The Morgan fingerprint density at radius 1 is 1.44 bits per heavy atom. The molecule has 0 aliphatic carbocycles. The van der Waals surface area contributed by atoms with Crippen molar-refractivity contribution in [2.75, 3.05) is 6.61 Å². The van der Waals surface area contributed by atoms with Crippen LogP contribution in [0.1, 0.15) is 12.5 Å². The summed E-state index contributed by atoms with van der Waals surface area (Å²) in [5.41, 5.74) is 0.539. The first-order valence-electron chi connectivity index (χ1n) is 4.58. The largest absolute Gasteiger partial charge is 0.506 e. The van der Waals surface area contributed by atoms with E-state index < -0.39 is 5.97 Å². The molecule has 0 aliphatic rings. The van der Waals surface area contributed by atoms with E-state index >= 15 is 0 Å². The molecule has 1 N–H and O–H groups in total. The first-order chi connectivity index (χ1) is 7.56. The highest BCUT2D eigenvalue weighted by Gasteiger charge is 2.07. The van der Waals surface area contributed by atoms with Gasteiger partial charge in [-0.25, -0.2) is 4.79 Å². The molecule has 0 atom stereocenters. The minimum absolute atomic E-state index is 0.0627. The van der Waals surface area contributed by atoms with Gasteiger partial charge in [-0.2, -0.15) is 0 Å². The predicted molar refractivity (Wildman–Crippen MR) is 63.8 cm³/mol. The third kappa shape index (κ3) is 3.15. The Balaban J connectivity index is 2.90. The fraction of sp³-hybridized carbons (Fsp3) is 0.182. The smallest absolute Gasteiger partial charge is 0.330 e. The molecule has 0 amide bonds. The average molecular weight is 261 g/mol. The highest BCUT2D eigenvalue weighted by atomic mass is 35.5. The van der Waals surface area contributed by atoms with Crippen LogP contribution >= 0.6 is 23.2 Å². The van der Waals surface area contributed by atoms with Gasteiger partial charge < -0.3 is 9.84 Å². The molecule has 1 aromatic carbocycles. The number of benzene rings is 1. The number of hydrogen-bond acceptors (Lipinski definition) is 3. The standard InChI is InChI=1S/C11H10Cl2O3/c1-2-16-9(15)6-4-7-3-5-8(14)11(13)10(7)12/h3-6,14H,2H2,1H3/b6-4+. The predicted octanol–water partition coefficient (Wildman–Crippen LogP) is 3.28. The van der Waals surface area contributed by atoms with E-state index in [-0.39, 0.29) is 15.8 Å². The highest BCUT2D eigenvalue weighted by molar-refractivity contribution is 6.43. The average Bonchev–Trinajstić information content (AvgIpc) is 2.25. The summed E-state index contributed by atoms with van der Waals surface area (Å²) in [6.45, 7) is 2.03. The van der Waals surface area contributed by atoms with Crippen LogP contribution in [0.15, 0.2) is 18.2 Å². The molecule has 0 aromatic heterocycles.